The van der Waals surface area contributed by atoms with Crippen LogP contribution in [-0.2, 0) is 0 Å². The van der Waals surface area contributed by atoms with Crippen LogP contribution in [0.4, 0.5) is 0 Å². The molecule has 88 valence electrons. The van der Waals surface area contributed by atoms with Gasteiger partial charge in [0.2, 0.25) is 0 Å². The summed E-state index contributed by atoms with van der Waals surface area (Å²) in [5.74, 6) is 0.652. The van der Waals surface area contributed by atoms with Crippen LogP contribution >= 0.6 is 23.2 Å². The monoisotopic (exact) mass is 261 g/mol. The van der Waals surface area contributed by atoms with Crippen LogP contribution in [0.1, 0.15) is 6.42 Å². The molecule has 0 saturated heterocycles. The lowest BCUT2D eigenvalue weighted by molar-refractivity contribution is 0.314. The van der Waals surface area contributed by atoms with Crippen LogP contribution in [0.5, 0.6) is 5.75 Å². The van der Waals surface area contributed by atoms with Crippen molar-refractivity contribution in [1.29, 1.82) is 0 Å². The van der Waals surface area contributed by atoms with Gasteiger partial charge in [-0.05, 0) is 12.1 Å². The van der Waals surface area contributed by atoms with Crippen molar-refractivity contribution in [2.45, 2.75) is 6.42 Å². The van der Waals surface area contributed by atoms with Crippen LogP contribution in [0, 0.1) is 0 Å². The van der Waals surface area contributed by atoms with Crippen LogP contribution in [0.25, 0.3) is 0 Å². The van der Waals surface area contributed by atoms with E-state index in [1.807, 2.05) is 0 Å². The van der Waals surface area contributed by atoms with Crippen molar-refractivity contribution in [2.24, 2.45) is 16.5 Å². The van der Waals surface area contributed by atoms with Crippen molar-refractivity contribution in [3.8, 4) is 5.75 Å². The lowest BCUT2D eigenvalue weighted by Crippen LogP contribution is -2.23. The van der Waals surface area contributed by atoms with E-state index in [1.54, 1.807) is 18.2 Å². The fraction of sp³-hybridized carbons (Fsp3) is 0.300. The zero-order valence-electron chi connectivity index (χ0n) is 8.62. The summed E-state index contributed by atoms with van der Waals surface area (Å²) in [6, 6.07) is 5.07. The third-order valence-corrected chi connectivity index (χ3v) is 2.29. The van der Waals surface area contributed by atoms with Gasteiger partial charge in [-0.1, -0.05) is 23.2 Å². The minimum absolute atomic E-state index is 0.0841. The molecule has 0 amide bonds. The van der Waals surface area contributed by atoms with Gasteiger partial charge in [0, 0.05) is 24.1 Å². The fourth-order valence-corrected chi connectivity index (χ4v) is 1.38. The third kappa shape index (κ3) is 4.59. The van der Waals surface area contributed by atoms with Gasteiger partial charge in [-0.3, -0.25) is 4.99 Å². The average molecular weight is 262 g/mol. The number of nitrogens with zero attached hydrogens (tertiary/aromatic N) is 1. The number of halogens is 2. The summed E-state index contributed by atoms with van der Waals surface area (Å²) in [5.41, 5.74) is 10.4. The quantitative estimate of drug-likeness (QED) is 0.484. The largest absolute Gasteiger partial charge is 0.492 e. The maximum atomic E-state index is 5.91. The van der Waals surface area contributed by atoms with E-state index in [4.69, 9.17) is 39.4 Å². The molecule has 4 nitrogen and oxygen atoms in total. The van der Waals surface area contributed by atoms with Gasteiger partial charge >= 0.3 is 0 Å². The van der Waals surface area contributed by atoms with Gasteiger partial charge in [0.15, 0.2) is 5.96 Å². The highest BCUT2D eigenvalue weighted by Crippen LogP contribution is 2.27. The number of guanidine groups is 1. The molecule has 0 fully saturated rings. The normalized spacial score (nSPS) is 9.88. The Morgan fingerprint density at radius 3 is 2.75 bits per heavy atom. The summed E-state index contributed by atoms with van der Waals surface area (Å²) in [4.78, 5) is 3.83. The van der Waals surface area contributed by atoms with E-state index in [-0.39, 0.29) is 5.96 Å². The molecule has 16 heavy (non-hydrogen) atoms. The summed E-state index contributed by atoms with van der Waals surface area (Å²) < 4.78 is 5.43. The number of rotatable bonds is 5. The fourth-order valence-electron chi connectivity index (χ4n) is 1.04. The van der Waals surface area contributed by atoms with E-state index in [0.717, 1.165) is 0 Å². The van der Waals surface area contributed by atoms with Gasteiger partial charge < -0.3 is 16.2 Å². The number of hydrogen-bond acceptors (Lipinski definition) is 2. The minimum atomic E-state index is 0.0841. The molecule has 6 heteroatoms. The van der Waals surface area contributed by atoms with Crippen molar-refractivity contribution < 1.29 is 4.74 Å². The van der Waals surface area contributed by atoms with E-state index in [1.165, 1.54) is 0 Å². The highest BCUT2D eigenvalue weighted by atomic mass is 35.5. The molecule has 0 saturated carbocycles. The maximum Gasteiger partial charge on any atom is 0.185 e. The first-order chi connectivity index (χ1) is 7.59. The summed E-state index contributed by atoms with van der Waals surface area (Å²) in [5, 5.41) is 1.12. The SMILES string of the molecule is NC(N)=NCCCOc1cc(Cl)ccc1Cl. The second-order valence-electron chi connectivity index (χ2n) is 3.08. The predicted octanol–water partition coefficient (Wildman–Crippen LogP) is 2.04. The molecule has 0 aliphatic rings. The molecule has 0 spiro atoms. The van der Waals surface area contributed by atoms with Crippen LogP contribution in [0.3, 0.4) is 0 Å². The van der Waals surface area contributed by atoms with Crippen LogP contribution in [0.2, 0.25) is 10.0 Å². The van der Waals surface area contributed by atoms with Gasteiger partial charge in [0.05, 0.1) is 11.6 Å². The van der Waals surface area contributed by atoms with Crippen molar-refractivity contribution in [3.05, 3.63) is 28.2 Å². The number of hydrogen-bond donors (Lipinski definition) is 2. The van der Waals surface area contributed by atoms with Gasteiger partial charge in [0.25, 0.3) is 0 Å². The van der Waals surface area contributed by atoms with Gasteiger partial charge in [-0.25, -0.2) is 0 Å². The third-order valence-electron chi connectivity index (χ3n) is 1.75. The van der Waals surface area contributed by atoms with Crippen LogP contribution in [-0.4, -0.2) is 19.1 Å². The average Bonchev–Trinajstić information content (AvgIpc) is 2.22. The molecule has 1 aromatic carbocycles. The van der Waals surface area contributed by atoms with Crippen molar-refractivity contribution in [1.82, 2.24) is 0 Å². The first kappa shape index (κ1) is 12.9. The van der Waals surface area contributed by atoms with Gasteiger partial charge in [-0.2, -0.15) is 0 Å². The first-order valence-corrected chi connectivity index (χ1v) is 5.48. The zero-order chi connectivity index (χ0) is 12.0. The van der Waals surface area contributed by atoms with Crippen LogP contribution < -0.4 is 16.2 Å². The molecular weight excluding hydrogens is 249 g/mol. The molecule has 0 atom stereocenters. The highest BCUT2D eigenvalue weighted by Gasteiger charge is 2.01. The molecular formula is C10H13Cl2N3O. The maximum absolute atomic E-state index is 5.91. The molecule has 1 rings (SSSR count). The summed E-state index contributed by atoms with van der Waals surface area (Å²) in [6.07, 6.45) is 0.709. The number of ether oxygens (including phenoxy) is 1. The predicted molar refractivity (Wildman–Crippen MR) is 67.3 cm³/mol. The lowest BCUT2D eigenvalue weighted by atomic mass is 10.3. The molecule has 0 unspecified atom stereocenters. The second-order valence-corrected chi connectivity index (χ2v) is 3.93. The molecule has 0 aromatic heterocycles. The Morgan fingerprint density at radius 1 is 1.31 bits per heavy atom. The second kappa shape index (κ2) is 6.45. The molecule has 0 radical (unpaired) electrons. The number of aliphatic imine (C=N–C) groups is 1. The topological polar surface area (TPSA) is 73.6 Å². The Kier molecular flexibility index (Phi) is 5.22. The van der Waals surface area contributed by atoms with Gasteiger partial charge in [0.1, 0.15) is 5.75 Å². The van der Waals surface area contributed by atoms with E-state index >= 15 is 0 Å². The Hall–Kier alpha value is -1.13. The molecule has 0 aliphatic heterocycles. The molecule has 0 heterocycles. The molecule has 0 aliphatic carbocycles. The Morgan fingerprint density at radius 2 is 2.06 bits per heavy atom. The molecule has 4 N–H and O–H groups in total. The Bertz CT molecular complexity index is 378. The number of benzene rings is 1. The highest BCUT2D eigenvalue weighted by molar-refractivity contribution is 6.34. The zero-order valence-corrected chi connectivity index (χ0v) is 10.1. The smallest absolute Gasteiger partial charge is 0.185 e. The molecule has 1 aromatic rings. The van der Waals surface area contributed by atoms with Crippen LogP contribution in [0.15, 0.2) is 23.2 Å². The summed E-state index contributed by atoms with van der Waals surface area (Å²) >= 11 is 11.7. The molecule has 0 bridgehead atoms. The Balaban J connectivity index is 2.37. The lowest BCUT2D eigenvalue weighted by Gasteiger charge is -2.07. The summed E-state index contributed by atoms with van der Waals surface area (Å²) in [7, 11) is 0. The first-order valence-electron chi connectivity index (χ1n) is 4.73. The van der Waals surface area contributed by atoms with E-state index in [0.29, 0.717) is 35.4 Å². The summed E-state index contributed by atoms with van der Waals surface area (Å²) in [6.45, 7) is 1.01. The standard InChI is InChI=1S/C10H13Cl2N3O/c11-7-2-3-8(12)9(6-7)16-5-1-4-15-10(13)14/h2-3,6H,1,4-5H2,(H4,13,14,15). The Labute approximate surface area is 104 Å². The van der Waals surface area contributed by atoms with E-state index in [2.05, 4.69) is 4.99 Å². The van der Waals surface area contributed by atoms with Crippen molar-refractivity contribution >= 4 is 29.2 Å². The van der Waals surface area contributed by atoms with E-state index < -0.39 is 0 Å². The van der Waals surface area contributed by atoms with E-state index in [9.17, 15) is 0 Å². The number of nitrogens with two attached hydrogens (primary N) is 2. The minimum Gasteiger partial charge on any atom is -0.492 e. The van der Waals surface area contributed by atoms with Crippen molar-refractivity contribution in [2.75, 3.05) is 13.2 Å². The van der Waals surface area contributed by atoms with Crippen molar-refractivity contribution in [3.63, 3.8) is 0 Å². The van der Waals surface area contributed by atoms with Gasteiger partial charge in [-0.15, -0.1) is 0 Å².